The van der Waals surface area contributed by atoms with Crippen LogP contribution in [0.15, 0.2) is 24.3 Å². The number of amides is 1. The standard InChI is InChI=1S/C23H34N4OS/c1-17(2)16-27-19(4)22(18(3)25-27)9-10-23(28)24-15-20-5-7-21(8-6-20)26-11-13-29-14-12-26/h5-8,17H,9-16H2,1-4H3,(H,24,28). The summed E-state index contributed by atoms with van der Waals surface area (Å²) in [6, 6.07) is 8.60. The van der Waals surface area contributed by atoms with Gasteiger partial charge in [-0.3, -0.25) is 9.48 Å². The molecule has 1 aliphatic heterocycles. The van der Waals surface area contributed by atoms with E-state index in [1.54, 1.807) is 0 Å². The molecule has 0 spiro atoms. The minimum Gasteiger partial charge on any atom is -0.370 e. The van der Waals surface area contributed by atoms with Gasteiger partial charge in [-0.2, -0.15) is 16.9 Å². The SMILES string of the molecule is Cc1nn(CC(C)C)c(C)c1CCC(=O)NCc1ccc(N2CCSCC2)cc1. The van der Waals surface area contributed by atoms with Gasteiger partial charge in [0.15, 0.2) is 0 Å². The normalized spacial score (nSPS) is 14.4. The van der Waals surface area contributed by atoms with E-state index in [2.05, 4.69) is 65.0 Å². The maximum Gasteiger partial charge on any atom is 0.220 e. The van der Waals surface area contributed by atoms with Crippen molar-refractivity contribution in [2.75, 3.05) is 29.5 Å². The van der Waals surface area contributed by atoms with Crippen LogP contribution < -0.4 is 10.2 Å². The van der Waals surface area contributed by atoms with Crippen LogP contribution in [0.25, 0.3) is 0 Å². The van der Waals surface area contributed by atoms with Crippen LogP contribution in [0.4, 0.5) is 5.69 Å². The molecule has 2 aromatic rings. The van der Waals surface area contributed by atoms with Crippen LogP contribution in [0.3, 0.4) is 0 Å². The molecule has 2 heterocycles. The molecule has 1 N–H and O–H groups in total. The molecule has 5 nitrogen and oxygen atoms in total. The van der Waals surface area contributed by atoms with Crippen molar-refractivity contribution in [1.29, 1.82) is 0 Å². The number of anilines is 1. The molecular weight excluding hydrogens is 380 g/mol. The predicted molar refractivity (Wildman–Crippen MR) is 123 cm³/mol. The Balaban J connectivity index is 1.47. The first-order valence-corrected chi connectivity index (χ1v) is 11.8. The molecule has 1 amide bonds. The van der Waals surface area contributed by atoms with Crippen molar-refractivity contribution in [3.05, 3.63) is 46.8 Å². The van der Waals surface area contributed by atoms with Crippen LogP contribution in [0.2, 0.25) is 0 Å². The monoisotopic (exact) mass is 414 g/mol. The molecule has 0 saturated carbocycles. The fourth-order valence-electron chi connectivity index (χ4n) is 3.79. The summed E-state index contributed by atoms with van der Waals surface area (Å²) in [5, 5.41) is 7.71. The number of thioether (sulfide) groups is 1. The molecule has 1 aromatic carbocycles. The quantitative estimate of drug-likeness (QED) is 0.710. The van der Waals surface area contributed by atoms with Gasteiger partial charge in [0.2, 0.25) is 5.91 Å². The Bertz CT molecular complexity index is 807. The third-order valence-electron chi connectivity index (χ3n) is 5.47. The molecule has 29 heavy (non-hydrogen) atoms. The molecule has 1 aromatic heterocycles. The average Bonchev–Trinajstić information content (AvgIpc) is 2.98. The number of carbonyl (C=O) groups excluding carboxylic acids is 1. The summed E-state index contributed by atoms with van der Waals surface area (Å²) < 4.78 is 2.08. The lowest BCUT2D eigenvalue weighted by molar-refractivity contribution is -0.121. The number of hydrogen-bond donors (Lipinski definition) is 1. The van der Waals surface area contributed by atoms with Crippen molar-refractivity contribution in [3.8, 4) is 0 Å². The van der Waals surface area contributed by atoms with Gasteiger partial charge in [0.1, 0.15) is 0 Å². The van der Waals surface area contributed by atoms with E-state index in [9.17, 15) is 4.79 Å². The number of aromatic nitrogens is 2. The molecule has 3 rings (SSSR count). The minimum atomic E-state index is 0.0949. The van der Waals surface area contributed by atoms with Gasteiger partial charge in [0, 0.05) is 55.5 Å². The van der Waals surface area contributed by atoms with Crippen molar-refractivity contribution >= 4 is 23.4 Å². The van der Waals surface area contributed by atoms with E-state index in [0.29, 0.717) is 18.9 Å². The summed E-state index contributed by atoms with van der Waals surface area (Å²) in [4.78, 5) is 14.8. The van der Waals surface area contributed by atoms with Gasteiger partial charge in [-0.15, -0.1) is 0 Å². The smallest absolute Gasteiger partial charge is 0.220 e. The number of nitrogens with one attached hydrogen (secondary N) is 1. The van der Waals surface area contributed by atoms with Crippen molar-refractivity contribution < 1.29 is 4.79 Å². The predicted octanol–water partition coefficient (Wildman–Crippen LogP) is 3.96. The Morgan fingerprint density at radius 2 is 1.86 bits per heavy atom. The molecule has 0 radical (unpaired) electrons. The first-order chi connectivity index (χ1) is 13.9. The first-order valence-electron chi connectivity index (χ1n) is 10.6. The summed E-state index contributed by atoms with van der Waals surface area (Å²) in [6.45, 7) is 12.3. The third-order valence-corrected chi connectivity index (χ3v) is 6.42. The van der Waals surface area contributed by atoms with E-state index in [0.717, 1.165) is 37.3 Å². The van der Waals surface area contributed by atoms with E-state index in [1.807, 2.05) is 18.7 Å². The molecule has 6 heteroatoms. The van der Waals surface area contributed by atoms with Crippen molar-refractivity contribution in [2.24, 2.45) is 5.92 Å². The Morgan fingerprint density at radius 1 is 1.17 bits per heavy atom. The fourth-order valence-corrected chi connectivity index (χ4v) is 4.70. The molecule has 1 aliphatic rings. The maximum absolute atomic E-state index is 12.4. The number of rotatable bonds is 8. The second kappa shape index (κ2) is 10.2. The molecule has 0 aliphatic carbocycles. The molecule has 158 valence electrons. The van der Waals surface area contributed by atoms with Gasteiger partial charge >= 0.3 is 0 Å². The van der Waals surface area contributed by atoms with Crippen LogP contribution >= 0.6 is 11.8 Å². The van der Waals surface area contributed by atoms with Crippen molar-refractivity contribution in [3.63, 3.8) is 0 Å². The van der Waals surface area contributed by atoms with E-state index < -0.39 is 0 Å². The largest absolute Gasteiger partial charge is 0.370 e. The molecule has 1 fully saturated rings. The minimum absolute atomic E-state index is 0.0949. The molecule has 1 saturated heterocycles. The fraction of sp³-hybridized carbons (Fsp3) is 0.565. The zero-order valence-corrected chi connectivity index (χ0v) is 19.0. The molecule has 0 bridgehead atoms. The summed E-state index contributed by atoms with van der Waals surface area (Å²) in [5.41, 5.74) is 5.87. The van der Waals surface area contributed by atoms with E-state index in [4.69, 9.17) is 0 Å². The van der Waals surface area contributed by atoms with Crippen LogP contribution in [0.1, 0.15) is 42.8 Å². The van der Waals surface area contributed by atoms with E-state index in [1.165, 1.54) is 28.5 Å². The van der Waals surface area contributed by atoms with Gasteiger partial charge < -0.3 is 10.2 Å². The van der Waals surface area contributed by atoms with E-state index >= 15 is 0 Å². The Hall–Kier alpha value is -1.95. The van der Waals surface area contributed by atoms with Gasteiger partial charge in [-0.25, -0.2) is 0 Å². The van der Waals surface area contributed by atoms with Crippen molar-refractivity contribution in [1.82, 2.24) is 15.1 Å². The van der Waals surface area contributed by atoms with Crippen LogP contribution in [-0.4, -0.2) is 40.3 Å². The summed E-state index contributed by atoms with van der Waals surface area (Å²) >= 11 is 2.02. The highest BCUT2D eigenvalue weighted by atomic mass is 32.2. The lowest BCUT2D eigenvalue weighted by Gasteiger charge is -2.28. The lowest BCUT2D eigenvalue weighted by atomic mass is 10.1. The number of nitrogens with zero attached hydrogens (tertiary/aromatic N) is 3. The first kappa shape index (κ1) is 21.8. The highest BCUT2D eigenvalue weighted by molar-refractivity contribution is 7.99. The highest BCUT2D eigenvalue weighted by Gasteiger charge is 2.14. The summed E-state index contributed by atoms with van der Waals surface area (Å²) in [5.74, 6) is 3.06. The maximum atomic E-state index is 12.4. The zero-order chi connectivity index (χ0) is 20.8. The van der Waals surface area contributed by atoms with Gasteiger partial charge in [0.25, 0.3) is 0 Å². The van der Waals surface area contributed by atoms with Crippen LogP contribution in [0.5, 0.6) is 0 Å². The van der Waals surface area contributed by atoms with Crippen molar-refractivity contribution in [2.45, 2.75) is 53.6 Å². The highest BCUT2D eigenvalue weighted by Crippen LogP contribution is 2.20. The number of aryl methyl sites for hydroxylation is 1. The molecule has 0 unspecified atom stereocenters. The van der Waals surface area contributed by atoms with Gasteiger partial charge in [-0.05, 0) is 49.4 Å². The lowest BCUT2D eigenvalue weighted by Crippen LogP contribution is -2.32. The van der Waals surface area contributed by atoms with Gasteiger partial charge in [0.05, 0.1) is 5.69 Å². The zero-order valence-electron chi connectivity index (χ0n) is 18.2. The number of benzene rings is 1. The topological polar surface area (TPSA) is 50.2 Å². The average molecular weight is 415 g/mol. The number of carbonyl (C=O) groups is 1. The Morgan fingerprint density at radius 3 is 2.52 bits per heavy atom. The Kier molecular flexibility index (Phi) is 7.64. The number of hydrogen-bond acceptors (Lipinski definition) is 4. The second-order valence-corrected chi connectivity index (χ2v) is 9.49. The van der Waals surface area contributed by atoms with Gasteiger partial charge in [-0.1, -0.05) is 26.0 Å². The molecular formula is C23H34N4OS. The molecule has 0 atom stereocenters. The Labute approximate surface area is 179 Å². The third kappa shape index (κ3) is 6.01. The second-order valence-electron chi connectivity index (χ2n) is 8.27. The summed E-state index contributed by atoms with van der Waals surface area (Å²) in [7, 11) is 0. The summed E-state index contributed by atoms with van der Waals surface area (Å²) in [6.07, 6.45) is 1.24. The van der Waals surface area contributed by atoms with Crippen LogP contribution in [-0.2, 0) is 24.3 Å². The van der Waals surface area contributed by atoms with E-state index in [-0.39, 0.29) is 5.91 Å². The van der Waals surface area contributed by atoms with Crippen LogP contribution in [0, 0.1) is 19.8 Å².